The van der Waals surface area contributed by atoms with Crippen molar-refractivity contribution < 1.29 is 4.39 Å². The molecule has 3 heteroatoms. The van der Waals surface area contributed by atoms with Gasteiger partial charge in [0.2, 0.25) is 0 Å². The predicted molar refractivity (Wildman–Crippen MR) is 87.3 cm³/mol. The lowest BCUT2D eigenvalue weighted by Gasteiger charge is -2.21. The van der Waals surface area contributed by atoms with E-state index in [2.05, 4.69) is 41.4 Å². The Bertz CT molecular complexity index is 564. The molecule has 2 aromatic rings. The monoisotopic (exact) mass is 286 g/mol. The highest BCUT2D eigenvalue weighted by Crippen LogP contribution is 2.22. The lowest BCUT2D eigenvalue weighted by atomic mass is 9.98. The molecule has 0 saturated heterocycles. The van der Waals surface area contributed by atoms with Gasteiger partial charge in [-0.2, -0.15) is 0 Å². The summed E-state index contributed by atoms with van der Waals surface area (Å²) in [6.45, 7) is 3.01. The highest BCUT2D eigenvalue weighted by atomic mass is 19.1. The molecule has 0 radical (unpaired) electrons. The lowest BCUT2D eigenvalue weighted by Crippen LogP contribution is -2.23. The van der Waals surface area contributed by atoms with Crippen molar-refractivity contribution in [3.63, 3.8) is 0 Å². The van der Waals surface area contributed by atoms with Gasteiger partial charge in [-0.05, 0) is 48.4 Å². The first-order valence-electron chi connectivity index (χ1n) is 7.35. The molecule has 0 aliphatic rings. The Labute approximate surface area is 126 Å². The van der Waals surface area contributed by atoms with Gasteiger partial charge in [-0.3, -0.25) is 0 Å². The van der Waals surface area contributed by atoms with Crippen LogP contribution >= 0.6 is 0 Å². The molecule has 0 fully saturated rings. The quantitative estimate of drug-likeness (QED) is 0.869. The van der Waals surface area contributed by atoms with E-state index in [9.17, 15) is 4.39 Å². The topological polar surface area (TPSA) is 15.3 Å². The zero-order valence-corrected chi connectivity index (χ0v) is 12.9. The molecule has 112 valence electrons. The van der Waals surface area contributed by atoms with Crippen molar-refractivity contribution >= 4 is 5.69 Å². The van der Waals surface area contributed by atoms with Gasteiger partial charge in [0.05, 0.1) is 0 Å². The Morgan fingerprint density at radius 1 is 1.10 bits per heavy atom. The molecule has 1 N–H and O–H groups in total. The van der Waals surface area contributed by atoms with Crippen molar-refractivity contribution in [3.05, 3.63) is 65.5 Å². The Morgan fingerprint density at radius 3 is 2.43 bits per heavy atom. The maximum absolute atomic E-state index is 13.0. The van der Waals surface area contributed by atoms with Crippen molar-refractivity contribution in [2.45, 2.75) is 19.4 Å². The second-order valence-corrected chi connectivity index (χ2v) is 5.43. The van der Waals surface area contributed by atoms with Crippen molar-refractivity contribution in [2.75, 3.05) is 25.5 Å². The number of rotatable bonds is 6. The van der Waals surface area contributed by atoms with E-state index in [1.807, 2.05) is 26.2 Å². The number of hydrogen-bond acceptors (Lipinski definition) is 2. The van der Waals surface area contributed by atoms with Crippen molar-refractivity contribution in [1.29, 1.82) is 0 Å². The van der Waals surface area contributed by atoms with Gasteiger partial charge in [0.25, 0.3) is 0 Å². The minimum absolute atomic E-state index is 0.187. The van der Waals surface area contributed by atoms with Crippen LogP contribution < -0.4 is 10.2 Å². The first kappa shape index (κ1) is 15.5. The Kier molecular flexibility index (Phi) is 5.34. The van der Waals surface area contributed by atoms with Crippen LogP contribution in [0.3, 0.4) is 0 Å². The number of anilines is 1. The SMILES string of the molecule is CCNC(Cc1ccc(F)cc1)c1cccc(N(C)C)c1. The number of likely N-dealkylation sites (N-methyl/N-ethyl adjacent to an activating group) is 1. The molecule has 0 aromatic heterocycles. The average molecular weight is 286 g/mol. The first-order chi connectivity index (χ1) is 10.1. The Hall–Kier alpha value is -1.87. The van der Waals surface area contributed by atoms with Crippen molar-refractivity contribution in [3.8, 4) is 0 Å². The van der Waals surface area contributed by atoms with Crippen molar-refractivity contribution in [2.24, 2.45) is 0 Å². The molecule has 0 amide bonds. The zero-order chi connectivity index (χ0) is 15.2. The largest absolute Gasteiger partial charge is 0.378 e. The fraction of sp³-hybridized carbons (Fsp3) is 0.333. The molecule has 0 saturated carbocycles. The maximum atomic E-state index is 13.0. The van der Waals surface area contributed by atoms with E-state index in [1.54, 1.807) is 0 Å². The number of benzene rings is 2. The number of hydrogen-bond donors (Lipinski definition) is 1. The van der Waals surface area contributed by atoms with Crippen molar-refractivity contribution in [1.82, 2.24) is 5.32 Å². The fourth-order valence-corrected chi connectivity index (χ4v) is 2.43. The van der Waals surface area contributed by atoms with Gasteiger partial charge in [-0.25, -0.2) is 4.39 Å². The molecule has 21 heavy (non-hydrogen) atoms. The molecule has 0 spiro atoms. The van der Waals surface area contributed by atoms with Gasteiger partial charge >= 0.3 is 0 Å². The van der Waals surface area contributed by atoms with E-state index in [0.717, 1.165) is 18.5 Å². The molecule has 2 rings (SSSR count). The van der Waals surface area contributed by atoms with Crippen LogP contribution in [0.4, 0.5) is 10.1 Å². The minimum atomic E-state index is -0.187. The van der Waals surface area contributed by atoms with Crippen LogP contribution in [0.25, 0.3) is 0 Å². The minimum Gasteiger partial charge on any atom is -0.378 e. The second kappa shape index (κ2) is 7.23. The molecule has 1 atom stereocenters. The van der Waals surface area contributed by atoms with Gasteiger partial charge in [-0.15, -0.1) is 0 Å². The number of nitrogens with zero attached hydrogens (tertiary/aromatic N) is 1. The zero-order valence-electron chi connectivity index (χ0n) is 12.9. The van der Waals surface area contributed by atoms with Gasteiger partial charge in [0.1, 0.15) is 5.82 Å². The van der Waals surface area contributed by atoms with E-state index in [-0.39, 0.29) is 11.9 Å². The summed E-state index contributed by atoms with van der Waals surface area (Å²) in [5.74, 6) is -0.187. The summed E-state index contributed by atoms with van der Waals surface area (Å²) in [5, 5.41) is 3.52. The third-order valence-corrected chi connectivity index (χ3v) is 3.59. The van der Waals surface area contributed by atoms with Crippen LogP contribution in [0.1, 0.15) is 24.1 Å². The fourth-order valence-electron chi connectivity index (χ4n) is 2.43. The van der Waals surface area contributed by atoms with Crippen LogP contribution in [0.5, 0.6) is 0 Å². The van der Waals surface area contributed by atoms with Crippen LogP contribution in [-0.2, 0) is 6.42 Å². The summed E-state index contributed by atoms with van der Waals surface area (Å²) in [7, 11) is 4.09. The van der Waals surface area contributed by atoms with E-state index < -0.39 is 0 Å². The highest BCUT2D eigenvalue weighted by Gasteiger charge is 2.12. The molecule has 2 nitrogen and oxygen atoms in total. The standard InChI is InChI=1S/C18H23FN2/c1-4-20-18(12-14-8-10-16(19)11-9-14)15-6-5-7-17(13-15)21(2)3/h5-11,13,18,20H,4,12H2,1-3H3. The maximum Gasteiger partial charge on any atom is 0.123 e. The Balaban J connectivity index is 2.21. The molecule has 2 aromatic carbocycles. The van der Waals surface area contributed by atoms with Crippen LogP contribution in [-0.4, -0.2) is 20.6 Å². The van der Waals surface area contributed by atoms with Gasteiger partial charge in [0.15, 0.2) is 0 Å². The average Bonchev–Trinajstić information content (AvgIpc) is 2.49. The smallest absolute Gasteiger partial charge is 0.123 e. The van der Waals surface area contributed by atoms with Crippen LogP contribution in [0.15, 0.2) is 48.5 Å². The molecule has 1 unspecified atom stereocenters. The molecular formula is C18H23FN2. The number of halogens is 1. The molecule has 0 bridgehead atoms. The molecular weight excluding hydrogens is 263 g/mol. The number of nitrogens with one attached hydrogen (secondary N) is 1. The van der Waals surface area contributed by atoms with Crippen LogP contribution in [0.2, 0.25) is 0 Å². The summed E-state index contributed by atoms with van der Waals surface area (Å²) in [6, 6.07) is 15.5. The summed E-state index contributed by atoms with van der Waals surface area (Å²) >= 11 is 0. The third kappa shape index (κ3) is 4.30. The Morgan fingerprint density at radius 2 is 1.81 bits per heavy atom. The first-order valence-corrected chi connectivity index (χ1v) is 7.35. The van der Waals surface area contributed by atoms with Crippen LogP contribution in [0, 0.1) is 5.82 Å². The summed E-state index contributed by atoms with van der Waals surface area (Å²) < 4.78 is 13.0. The van der Waals surface area contributed by atoms with E-state index >= 15 is 0 Å². The van der Waals surface area contributed by atoms with E-state index in [1.165, 1.54) is 23.4 Å². The normalized spacial score (nSPS) is 12.2. The molecule has 0 aliphatic heterocycles. The summed E-state index contributed by atoms with van der Waals surface area (Å²) in [4.78, 5) is 2.10. The van der Waals surface area contributed by atoms with E-state index in [4.69, 9.17) is 0 Å². The predicted octanol–water partition coefficient (Wildman–Crippen LogP) is 3.79. The highest BCUT2D eigenvalue weighted by molar-refractivity contribution is 5.48. The summed E-state index contributed by atoms with van der Waals surface area (Å²) in [6.07, 6.45) is 0.852. The lowest BCUT2D eigenvalue weighted by molar-refractivity contribution is 0.548. The second-order valence-electron chi connectivity index (χ2n) is 5.43. The van der Waals surface area contributed by atoms with E-state index in [0.29, 0.717) is 0 Å². The van der Waals surface area contributed by atoms with Gasteiger partial charge in [0, 0.05) is 25.8 Å². The van der Waals surface area contributed by atoms with Gasteiger partial charge in [-0.1, -0.05) is 31.2 Å². The van der Waals surface area contributed by atoms with Gasteiger partial charge < -0.3 is 10.2 Å². The summed E-state index contributed by atoms with van der Waals surface area (Å²) in [5.41, 5.74) is 3.58. The third-order valence-electron chi connectivity index (χ3n) is 3.59. The molecule has 0 heterocycles. The molecule has 0 aliphatic carbocycles.